The highest BCUT2D eigenvalue weighted by atomic mass is 16.1. The van der Waals surface area contributed by atoms with Crippen molar-refractivity contribution in [3.05, 3.63) is 18.3 Å². The molecule has 1 heterocycles. The Bertz CT molecular complexity index is 381. The van der Waals surface area contributed by atoms with E-state index < -0.39 is 0 Å². The smallest absolute Gasteiger partial charge is 0.239 e. The molecule has 0 atom stereocenters. The van der Waals surface area contributed by atoms with Crippen molar-refractivity contribution < 1.29 is 4.79 Å². The monoisotopic (exact) mass is 250 g/mol. The van der Waals surface area contributed by atoms with Crippen molar-refractivity contribution in [3.8, 4) is 0 Å². The van der Waals surface area contributed by atoms with Gasteiger partial charge in [-0.05, 0) is 19.4 Å². The maximum absolute atomic E-state index is 11.5. The molecule has 0 unspecified atom stereocenters. The number of carbonyl (C=O) groups excluding carboxylic acids is 1. The Morgan fingerprint density at radius 3 is 2.89 bits per heavy atom. The van der Waals surface area contributed by atoms with Crippen LogP contribution in [0.5, 0.6) is 0 Å². The number of carbonyl (C=O) groups is 1. The van der Waals surface area contributed by atoms with Crippen LogP contribution in [0.3, 0.4) is 0 Å². The van der Waals surface area contributed by atoms with Crippen LogP contribution in [0.15, 0.2) is 18.3 Å². The molecule has 5 nitrogen and oxygen atoms in total. The molecule has 0 radical (unpaired) electrons. The van der Waals surface area contributed by atoms with E-state index in [1.54, 1.807) is 6.20 Å². The predicted molar refractivity (Wildman–Crippen MR) is 75.0 cm³/mol. The van der Waals surface area contributed by atoms with Gasteiger partial charge in [-0.15, -0.1) is 0 Å². The zero-order valence-electron chi connectivity index (χ0n) is 11.4. The van der Waals surface area contributed by atoms with Gasteiger partial charge >= 0.3 is 0 Å². The Hall–Kier alpha value is -1.78. The van der Waals surface area contributed by atoms with E-state index in [0.29, 0.717) is 13.1 Å². The van der Waals surface area contributed by atoms with Crippen LogP contribution in [0, 0.1) is 0 Å². The highest BCUT2D eigenvalue weighted by Crippen LogP contribution is 2.15. The van der Waals surface area contributed by atoms with Crippen LogP contribution in [0.2, 0.25) is 0 Å². The van der Waals surface area contributed by atoms with E-state index in [-0.39, 0.29) is 5.91 Å². The molecular formula is C13H22N4O. The maximum Gasteiger partial charge on any atom is 0.239 e. The van der Waals surface area contributed by atoms with E-state index >= 15 is 0 Å². The van der Waals surface area contributed by atoms with Gasteiger partial charge in [-0.25, -0.2) is 4.98 Å². The highest BCUT2D eigenvalue weighted by molar-refractivity contribution is 5.81. The minimum Gasteiger partial charge on any atom is -0.370 e. The number of rotatable bonds is 7. The molecule has 1 amide bonds. The second-order valence-electron chi connectivity index (χ2n) is 4.14. The number of pyridine rings is 1. The van der Waals surface area contributed by atoms with E-state index in [1.165, 1.54) is 0 Å². The van der Waals surface area contributed by atoms with E-state index in [0.717, 1.165) is 24.5 Å². The summed E-state index contributed by atoms with van der Waals surface area (Å²) in [7, 11) is 1.90. The maximum atomic E-state index is 11.5. The third kappa shape index (κ3) is 4.61. The fraction of sp³-hybridized carbons (Fsp3) is 0.538. The average Bonchev–Trinajstić information content (AvgIpc) is 2.37. The normalized spacial score (nSPS) is 9.94. The first-order valence-corrected chi connectivity index (χ1v) is 6.35. The van der Waals surface area contributed by atoms with Crippen molar-refractivity contribution in [1.82, 2.24) is 10.3 Å². The molecule has 0 spiro atoms. The number of amides is 1. The summed E-state index contributed by atoms with van der Waals surface area (Å²) in [6.45, 7) is 5.93. The summed E-state index contributed by atoms with van der Waals surface area (Å²) < 4.78 is 0. The third-order valence-electron chi connectivity index (χ3n) is 2.50. The van der Waals surface area contributed by atoms with Gasteiger partial charge in [-0.3, -0.25) is 4.79 Å². The van der Waals surface area contributed by atoms with Gasteiger partial charge in [0.05, 0.1) is 6.54 Å². The Morgan fingerprint density at radius 2 is 2.22 bits per heavy atom. The standard InChI is InChI=1S/C13H22N4O/c1-4-7-15-12-9-11(6-8-16-12)17(3)10-13(18)14-5-2/h6,8-9H,4-5,7,10H2,1-3H3,(H,14,18)(H,15,16). The lowest BCUT2D eigenvalue weighted by molar-refractivity contribution is -0.119. The third-order valence-corrected chi connectivity index (χ3v) is 2.50. The second kappa shape index (κ2) is 7.53. The molecule has 100 valence electrons. The molecule has 0 aromatic carbocycles. The van der Waals surface area contributed by atoms with Gasteiger partial charge in [0.25, 0.3) is 0 Å². The van der Waals surface area contributed by atoms with E-state index in [2.05, 4.69) is 22.5 Å². The van der Waals surface area contributed by atoms with Gasteiger partial charge < -0.3 is 15.5 Å². The lowest BCUT2D eigenvalue weighted by atomic mass is 10.3. The Labute approximate surface area is 109 Å². The second-order valence-corrected chi connectivity index (χ2v) is 4.14. The van der Waals surface area contributed by atoms with Gasteiger partial charge in [0.1, 0.15) is 5.82 Å². The first-order valence-electron chi connectivity index (χ1n) is 6.35. The predicted octanol–water partition coefficient (Wildman–Crippen LogP) is 1.48. The average molecular weight is 250 g/mol. The molecule has 0 aliphatic carbocycles. The number of aromatic nitrogens is 1. The van der Waals surface area contributed by atoms with E-state index in [9.17, 15) is 4.79 Å². The molecule has 18 heavy (non-hydrogen) atoms. The zero-order chi connectivity index (χ0) is 13.4. The molecule has 0 aliphatic rings. The van der Waals surface area contributed by atoms with Crippen LogP contribution in [0.1, 0.15) is 20.3 Å². The number of anilines is 2. The van der Waals surface area contributed by atoms with Crippen LogP contribution in [0.4, 0.5) is 11.5 Å². The van der Waals surface area contributed by atoms with Crippen molar-refractivity contribution in [3.63, 3.8) is 0 Å². The molecule has 0 bridgehead atoms. The zero-order valence-corrected chi connectivity index (χ0v) is 11.4. The summed E-state index contributed by atoms with van der Waals surface area (Å²) in [5.74, 6) is 0.872. The topological polar surface area (TPSA) is 57.3 Å². The SMILES string of the molecule is CCCNc1cc(N(C)CC(=O)NCC)ccn1. The molecule has 5 heteroatoms. The minimum atomic E-state index is 0.0277. The molecule has 0 fully saturated rings. The Kier molecular flexibility index (Phi) is 5.97. The fourth-order valence-corrected chi connectivity index (χ4v) is 1.57. The van der Waals surface area contributed by atoms with Crippen molar-refractivity contribution >= 4 is 17.4 Å². The molecule has 2 N–H and O–H groups in total. The van der Waals surface area contributed by atoms with Crippen molar-refractivity contribution in [1.29, 1.82) is 0 Å². The largest absolute Gasteiger partial charge is 0.370 e. The number of nitrogens with one attached hydrogen (secondary N) is 2. The summed E-state index contributed by atoms with van der Waals surface area (Å²) in [5.41, 5.74) is 0.981. The molecule has 1 aromatic heterocycles. The Morgan fingerprint density at radius 1 is 1.44 bits per heavy atom. The molecule has 1 aromatic rings. The van der Waals surface area contributed by atoms with Crippen LogP contribution in [0.25, 0.3) is 0 Å². The van der Waals surface area contributed by atoms with Crippen LogP contribution >= 0.6 is 0 Å². The van der Waals surface area contributed by atoms with Gasteiger partial charge in [0, 0.05) is 38.1 Å². The molecule has 0 saturated heterocycles. The summed E-state index contributed by atoms with van der Waals surface area (Å²) >= 11 is 0. The molecule has 0 aliphatic heterocycles. The summed E-state index contributed by atoms with van der Waals surface area (Å²) in [5, 5.41) is 6.01. The highest BCUT2D eigenvalue weighted by Gasteiger charge is 2.07. The number of nitrogens with zero attached hydrogens (tertiary/aromatic N) is 2. The first-order chi connectivity index (χ1) is 8.67. The lowest BCUT2D eigenvalue weighted by Crippen LogP contribution is -2.34. The minimum absolute atomic E-state index is 0.0277. The van der Waals surface area contributed by atoms with Crippen LogP contribution in [-0.2, 0) is 4.79 Å². The molecule has 1 rings (SSSR count). The van der Waals surface area contributed by atoms with Gasteiger partial charge in [-0.1, -0.05) is 6.92 Å². The number of likely N-dealkylation sites (N-methyl/N-ethyl adjacent to an activating group) is 2. The lowest BCUT2D eigenvalue weighted by Gasteiger charge is -2.19. The van der Waals surface area contributed by atoms with E-state index in [4.69, 9.17) is 0 Å². The Balaban J connectivity index is 2.61. The summed E-state index contributed by atoms with van der Waals surface area (Å²) in [6, 6.07) is 3.85. The van der Waals surface area contributed by atoms with Crippen LogP contribution < -0.4 is 15.5 Å². The molecule has 0 saturated carbocycles. The number of hydrogen-bond donors (Lipinski definition) is 2. The van der Waals surface area contributed by atoms with Crippen LogP contribution in [-0.4, -0.2) is 37.6 Å². The summed E-state index contributed by atoms with van der Waals surface area (Å²) in [6.07, 6.45) is 2.81. The van der Waals surface area contributed by atoms with Gasteiger partial charge in [0.2, 0.25) is 5.91 Å². The first kappa shape index (κ1) is 14.3. The van der Waals surface area contributed by atoms with Crippen molar-refractivity contribution in [2.75, 3.05) is 36.9 Å². The van der Waals surface area contributed by atoms with Gasteiger partial charge in [0.15, 0.2) is 0 Å². The van der Waals surface area contributed by atoms with Gasteiger partial charge in [-0.2, -0.15) is 0 Å². The fourth-order valence-electron chi connectivity index (χ4n) is 1.57. The van der Waals surface area contributed by atoms with Crippen molar-refractivity contribution in [2.45, 2.75) is 20.3 Å². The molecular weight excluding hydrogens is 228 g/mol. The summed E-state index contributed by atoms with van der Waals surface area (Å²) in [4.78, 5) is 17.6. The van der Waals surface area contributed by atoms with Crippen molar-refractivity contribution in [2.24, 2.45) is 0 Å². The number of hydrogen-bond acceptors (Lipinski definition) is 4. The van der Waals surface area contributed by atoms with E-state index in [1.807, 2.05) is 31.0 Å². The quantitative estimate of drug-likeness (QED) is 0.769.